The summed E-state index contributed by atoms with van der Waals surface area (Å²) in [5.41, 5.74) is 1.28. The van der Waals surface area contributed by atoms with Crippen LogP contribution in [0.3, 0.4) is 0 Å². The maximum Gasteiger partial charge on any atom is 0.410 e. The number of pyridine rings is 1. The van der Waals surface area contributed by atoms with E-state index >= 15 is 0 Å². The number of ether oxygens (including phenoxy) is 2. The molecule has 158 valence electrons. The Bertz CT molecular complexity index is 878. The summed E-state index contributed by atoms with van der Waals surface area (Å²) in [7, 11) is 0. The van der Waals surface area contributed by atoms with Crippen molar-refractivity contribution in [3.8, 4) is 0 Å². The molecule has 2 fully saturated rings. The Morgan fingerprint density at radius 3 is 2.69 bits per heavy atom. The zero-order valence-corrected chi connectivity index (χ0v) is 17.3. The van der Waals surface area contributed by atoms with Gasteiger partial charge in [-0.3, -0.25) is 0 Å². The van der Waals surface area contributed by atoms with E-state index in [0.717, 1.165) is 31.7 Å². The van der Waals surface area contributed by atoms with Crippen molar-refractivity contribution in [2.45, 2.75) is 70.5 Å². The minimum Gasteiger partial charge on any atom is -0.444 e. The molecule has 8 heteroatoms. The normalized spacial score (nSPS) is 21.5. The topological polar surface area (TPSA) is 80.3 Å². The fourth-order valence-corrected chi connectivity index (χ4v) is 4.16. The quantitative estimate of drug-likeness (QED) is 0.800. The third-order valence-corrected chi connectivity index (χ3v) is 5.57. The summed E-state index contributed by atoms with van der Waals surface area (Å²) in [5, 5.41) is 0. The van der Waals surface area contributed by atoms with Gasteiger partial charge in [-0.15, -0.1) is 0 Å². The molecule has 4 heterocycles. The van der Waals surface area contributed by atoms with E-state index in [4.69, 9.17) is 9.47 Å². The molecule has 2 aromatic rings. The van der Waals surface area contributed by atoms with E-state index in [2.05, 4.69) is 15.0 Å². The SMILES string of the molecule is CC(C)(C)OC(=O)N1CCC(c2c(F)cnc3nc(C4CCCCO4)[nH]c23)CC1. The van der Waals surface area contributed by atoms with E-state index in [1.54, 1.807) is 4.90 Å². The lowest BCUT2D eigenvalue weighted by molar-refractivity contribution is 0.0101. The lowest BCUT2D eigenvalue weighted by Gasteiger charge is -2.33. The molecule has 1 amide bonds. The standard InChI is InChI=1S/C21H29FN4O3/c1-21(2,3)29-20(27)26-9-7-13(8-10-26)16-14(22)12-23-19-17(16)24-18(25-19)15-6-4-5-11-28-15/h12-13,15H,4-11H2,1-3H3,(H,23,24,25). The Kier molecular flexibility index (Phi) is 5.46. The number of halogens is 1. The number of H-pyrrole nitrogens is 1. The number of hydrogen-bond donors (Lipinski definition) is 1. The van der Waals surface area contributed by atoms with Gasteiger partial charge in [-0.1, -0.05) is 0 Å². The second kappa shape index (κ2) is 7.89. The molecule has 4 rings (SSSR count). The minimum absolute atomic E-state index is 0.000221. The molecule has 2 aliphatic heterocycles. The summed E-state index contributed by atoms with van der Waals surface area (Å²) in [6.45, 7) is 7.36. The summed E-state index contributed by atoms with van der Waals surface area (Å²) in [6.07, 6.45) is 5.27. The highest BCUT2D eigenvalue weighted by atomic mass is 19.1. The number of aromatic amines is 1. The van der Waals surface area contributed by atoms with Crippen molar-refractivity contribution in [1.82, 2.24) is 19.9 Å². The fourth-order valence-electron chi connectivity index (χ4n) is 4.16. The first-order chi connectivity index (χ1) is 13.8. The Balaban J connectivity index is 1.52. The molecule has 1 atom stereocenters. The van der Waals surface area contributed by atoms with Crippen LogP contribution in [0.5, 0.6) is 0 Å². The average Bonchev–Trinajstić information content (AvgIpc) is 3.12. The minimum atomic E-state index is -0.523. The Labute approximate surface area is 170 Å². The number of carbonyl (C=O) groups excluding carboxylic acids is 1. The number of nitrogens with one attached hydrogen (secondary N) is 1. The molecule has 2 aliphatic rings. The van der Waals surface area contributed by atoms with E-state index in [0.29, 0.717) is 42.7 Å². The van der Waals surface area contributed by atoms with E-state index < -0.39 is 5.60 Å². The van der Waals surface area contributed by atoms with Crippen molar-refractivity contribution in [3.05, 3.63) is 23.4 Å². The average molecular weight is 404 g/mol. The maximum absolute atomic E-state index is 14.8. The molecule has 0 aromatic carbocycles. The summed E-state index contributed by atoms with van der Waals surface area (Å²) in [6, 6.07) is 0. The first-order valence-corrected chi connectivity index (χ1v) is 10.5. The molecule has 0 radical (unpaired) electrons. The van der Waals surface area contributed by atoms with Gasteiger partial charge in [-0.2, -0.15) is 0 Å². The highest BCUT2D eigenvalue weighted by molar-refractivity contribution is 5.76. The van der Waals surface area contributed by atoms with Crippen LogP contribution in [0.1, 0.15) is 76.3 Å². The number of likely N-dealkylation sites (tertiary alicyclic amines) is 1. The first kappa shape index (κ1) is 20.1. The molecule has 7 nitrogen and oxygen atoms in total. The van der Waals surface area contributed by atoms with Crippen molar-refractivity contribution in [2.75, 3.05) is 19.7 Å². The molecule has 0 saturated carbocycles. The number of aromatic nitrogens is 3. The number of fused-ring (bicyclic) bond motifs is 1. The van der Waals surface area contributed by atoms with Crippen molar-refractivity contribution >= 4 is 17.3 Å². The Morgan fingerprint density at radius 2 is 2.03 bits per heavy atom. The number of piperidine rings is 1. The van der Waals surface area contributed by atoms with Crippen LogP contribution in [-0.2, 0) is 9.47 Å². The number of hydrogen-bond acceptors (Lipinski definition) is 5. The van der Waals surface area contributed by atoms with Gasteiger partial charge in [0.15, 0.2) is 5.65 Å². The fraction of sp³-hybridized carbons (Fsp3) is 0.667. The largest absolute Gasteiger partial charge is 0.444 e. The molecule has 0 aliphatic carbocycles. The van der Waals surface area contributed by atoms with Gasteiger partial charge in [0.25, 0.3) is 0 Å². The van der Waals surface area contributed by atoms with E-state index in [-0.39, 0.29) is 23.9 Å². The smallest absolute Gasteiger partial charge is 0.410 e. The molecule has 1 unspecified atom stereocenters. The van der Waals surface area contributed by atoms with Crippen LogP contribution >= 0.6 is 0 Å². The van der Waals surface area contributed by atoms with E-state index in [1.807, 2.05) is 20.8 Å². The third-order valence-electron chi connectivity index (χ3n) is 5.57. The predicted octanol–water partition coefficient (Wildman–Crippen LogP) is 4.45. The zero-order valence-electron chi connectivity index (χ0n) is 17.3. The summed E-state index contributed by atoms with van der Waals surface area (Å²) in [4.78, 5) is 26.0. The maximum atomic E-state index is 14.8. The van der Waals surface area contributed by atoms with Crippen molar-refractivity contribution in [3.63, 3.8) is 0 Å². The van der Waals surface area contributed by atoms with Crippen molar-refractivity contribution in [1.29, 1.82) is 0 Å². The van der Waals surface area contributed by atoms with Crippen LogP contribution in [0.15, 0.2) is 6.20 Å². The number of amides is 1. The molecule has 29 heavy (non-hydrogen) atoms. The molecule has 1 N–H and O–H groups in total. The van der Waals surface area contributed by atoms with E-state index in [1.165, 1.54) is 6.20 Å². The lowest BCUT2D eigenvalue weighted by Crippen LogP contribution is -2.41. The van der Waals surface area contributed by atoms with Gasteiger partial charge in [0.05, 0.1) is 11.7 Å². The van der Waals surface area contributed by atoms with Gasteiger partial charge in [0.1, 0.15) is 23.3 Å². The van der Waals surface area contributed by atoms with Gasteiger partial charge in [-0.25, -0.2) is 19.2 Å². The highest BCUT2D eigenvalue weighted by Crippen LogP contribution is 2.35. The molecule has 0 bridgehead atoms. The Morgan fingerprint density at radius 1 is 1.28 bits per heavy atom. The second-order valence-electron chi connectivity index (χ2n) is 8.94. The monoisotopic (exact) mass is 404 g/mol. The number of rotatable bonds is 2. The predicted molar refractivity (Wildman–Crippen MR) is 106 cm³/mol. The molecular weight excluding hydrogens is 375 g/mol. The number of nitrogens with zero attached hydrogens (tertiary/aromatic N) is 3. The van der Waals surface area contributed by atoms with Crippen LogP contribution in [0.25, 0.3) is 11.2 Å². The van der Waals surface area contributed by atoms with Gasteiger partial charge in [0, 0.05) is 25.3 Å². The highest BCUT2D eigenvalue weighted by Gasteiger charge is 2.31. The summed E-state index contributed by atoms with van der Waals surface area (Å²) < 4.78 is 26.1. The van der Waals surface area contributed by atoms with Crippen LogP contribution < -0.4 is 0 Å². The van der Waals surface area contributed by atoms with Crippen molar-refractivity contribution in [2.24, 2.45) is 0 Å². The van der Waals surface area contributed by atoms with Gasteiger partial charge < -0.3 is 19.4 Å². The van der Waals surface area contributed by atoms with Crippen LogP contribution in [0.2, 0.25) is 0 Å². The number of carbonyl (C=O) groups is 1. The Hall–Kier alpha value is -2.22. The van der Waals surface area contributed by atoms with Crippen LogP contribution in [0.4, 0.5) is 9.18 Å². The summed E-state index contributed by atoms with van der Waals surface area (Å²) in [5.74, 6) is 0.401. The third kappa shape index (κ3) is 4.37. The number of imidazole rings is 1. The summed E-state index contributed by atoms with van der Waals surface area (Å²) >= 11 is 0. The van der Waals surface area contributed by atoms with Crippen LogP contribution in [0, 0.1) is 5.82 Å². The van der Waals surface area contributed by atoms with Gasteiger partial charge >= 0.3 is 6.09 Å². The molecule has 0 spiro atoms. The van der Waals surface area contributed by atoms with Crippen LogP contribution in [-0.4, -0.2) is 51.2 Å². The van der Waals surface area contributed by atoms with Gasteiger partial charge in [0.2, 0.25) is 0 Å². The zero-order chi connectivity index (χ0) is 20.6. The molecule has 2 saturated heterocycles. The van der Waals surface area contributed by atoms with Crippen molar-refractivity contribution < 1.29 is 18.7 Å². The molecule has 2 aromatic heterocycles. The lowest BCUT2D eigenvalue weighted by atomic mass is 9.89. The first-order valence-electron chi connectivity index (χ1n) is 10.5. The molecular formula is C21H29FN4O3. The van der Waals surface area contributed by atoms with Gasteiger partial charge in [-0.05, 0) is 58.8 Å². The van der Waals surface area contributed by atoms with E-state index in [9.17, 15) is 9.18 Å². The second-order valence-corrected chi connectivity index (χ2v) is 8.94.